The number of ether oxygens (including phenoxy) is 7. The van der Waals surface area contributed by atoms with Crippen LogP contribution < -0.4 is 4.74 Å². The van der Waals surface area contributed by atoms with E-state index in [1.54, 1.807) is 7.11 Å². The first-order valence-electron chi connectivity index (χ1n) is 21.9. The molecule has 0 bridgehead atoms. The van der Waals surface area contributed by atoms with E-state index in [0.29, 0.717) is 13.2 Å². The van der Waals surface area contributed by atoms with Gasteiger partial charge in [0.2, 0.25) is 0 Å². The molecule has 6 atom stereocenters. The molecule has 328 valence electrons. The fourth-order valence-corrected chi connectivity index (χ4v) is 8.36. The number of rotatable bonds is 21. The Kier molecular flexibility index (Phi) is 15.8. The van der Waals surface area contributed by atoms with Crippen molar-refractivity contribution in [2.45, 2.75) is 68.7 Å². The van der Waals surface area contributed by atoms with Gasteiger partial charge in [0, 0.05) is 0 Å². The average molecular weight is 857 g/mol. The summed E-state index contributed by atoms with van der Waals surface area (Å²) in [7, 11) is 1.64. The van der Waals surface area contributed by atoms with Crippen LogP contribution >= 0.6 is 0 Å². The minimum Gasteiger partial charge on any atom is -0.497 e. The number of hydrogen-bond donors (Lipinski definition) is 1. The van der Waals surface area contributed by atoms with Gasteiger partial charge >= 0.3 is 0 Å². The van der Waals surface area contributed by atoms with Crippen LogP contribution in [-0.2, 0) is 60.4 Å². The lowest BCUT2D eigenvalue weighted by molar-refractivity contribution is -0.290. The Balaban J connectivity index is 1.17. The zero-order valence-corrected chi connectivity index (χ0v) is 36.1. The average Bonchev–Trinajstić information content (AvgIpc) is 3.37. The van der Waals surface area contributed by atoms with Gasteiger partial charge in [-0.05, 0) is 51.1 Å². The predicted molar refractivity (Wildman–Crippen MR) is 248 cm³/mol. The van der Waals surface area contributed by atoms with Crippen molar-refractivity contribution in [1.29, 1.82) is 0 Å². The molecule has 0 unspecified atom stereocenters. The highest BCUT2D eigenvalue weighted by atomic mass is 16.6. The van der Waals surface area contributed by atoms with E-state index in [4.69, 9.17) is 33.2 Å². The van der Waals surface area contributed by atoms with E-state index in [1.165, 1.54) is 0 Å². The van der Waals surface area contributed by atoms with Gasteiger partial charge in [0.25, 0.3) is 0 Å². The molecule has 64 heavy (non-hydrogen) atoms. The lowest BCUT2D eigenvalue weighted by atomic mass is 9.80. The summed E-state index contributed by atoms with van der Waals surface area (Å²) >= 11 is 0. The molecule has 8 rings (SSSR count). The van der Waals surface area contributed by atoms with Gasteiger partial charge in [-0.25, -0.2) is 0 Å². The molecule has 1 N–H and O–H groups in total. The molecule has 0 amide bonds. The highest BCUT2D eigenvalue weighted by Gasteiger charge is 2.51. The summed E-state index contributed by atoms with van der Waals surface area (Å²) in [5, 5.41) is 12.7. The standard InChI is InChI=1S/C56H56O8/c1-58-49-34-32-45(33-35-49)39-61-54-52(50(57)40-63-56(46-26-14-5-15-27-46,47-28-16-6-17-29-47)48-30-18-7-19-31-48)64-51(41-59-36-42-20-8-2-9-21-42)53(60-37-43-22-10-3-11-23-43)55(54)62-38-44-24-12-4-13-25-44/h2-35,50-55,57H,36-41H2,1H3/t50-,51+,52-,53+,54-,55-/m0/s1. The molecule has 1 heterocycles. The van der Waals surface area contributed by atoms with Crippen LogP contribution in [0.15, 0.2) is 206 Å². The summed E-state index contributed by atoms with van der Waals surface area (Å²) in [6.45, 7) is 1.18. The quantitative estimate of drug-likeness (QED) is 0.0716. The molecule has 1 aliphatic heterocycles. The van der Waals surface area contributed by atoms with E-state index in [1.807, 2.05) is 170 Å². The maximum atomic E-state index is 12.7. The van der Waals surface area contributed by atoms with Gasteiger partial charge < -0.3 is 38.3 Å². The summed E-state index contributed by atoms with van der Waals surface area (Å²) in [5.41, 5.74) is 5.60. The van der Waals surface area contributed by atoms with Crippen LogP contribution in [0.2, 0.25) is 0 Å². The fourth-order valence-electron chi connectivity index (χ4n) is 8.36. The highest BCUT2D eigenvalue weighted by Crippen LogP contribution is 2.41. The molecule has 7 aromatic carbocycles. The van der Waals surface area contributed by atoms with Gasteiger partial charge in [0.1, 0.15) is 48.0 Å². The molecule has 1 fully saturated rings. The first kappa shape index (κ1) is 44.7. The second-order valence-electron chi connectivity index (χ2n) is 15.9. The molecular weight excluding hydrogens is 801 g/mol. The first-order chi connectivity index (χ1) is 31.6. The third kappa shape index (κ3) is 11.2. The summed E-state index contributed by atoms with van der Waals surface area (Å²) in [6.07, 6.45) is -5.03. The van der Waals surface area contributed by atoms with Crippen molar-refractivity contribution < 1.29 is 38.3 Å². The fraction of sp³-hybridized carbons (Fsp3) is 0.250. The lowest BCUT2D eigenvalue weighted by Gasteiger charge is -2.48. The number of aliphatic hydroxyl groups is 1. The molecule has 1 aliphatic rings. The van der Waals surface area contributed by atoms with Crippen molar-refractivity contribution in [2.24, 2.45) is 0 Å². The van der Waals surface area contributed by atoms with Gasteiger partial charge in [-0.3, -0.25) is 0 Å². The maximum Gasteiger partial charge on any atom is 0.143 e. The Labute approximate surface area is 376 Å². The van der Waals surface area contributed by atoms with E-state index < -0.39 is 42.2 Å². The lowest BCUT2D eigenvalue weighted by Crippen LogP contribution is -2.64. The minimum absolute atomic E-state index is 0.121. The van der Waals surface area contributed by atoms with E-state index >= 15 is 0 Å². The molecular formula is C56H56O8. The number of aliphatic hydroxyl groups excluding tert-OH is 1. The zero-order chi connectivity index (χ0) is 43.8. The number of methoxy groups -OCH3 is 1. The van der Waals surface area contributed by atoms with Crippen LogP contribution in [0.4, 0.5) is 0 Å². The van der Waals surface area contributed by atoms with Crippen LogP contribution in [0.1, 0.15) is 38.9 Å². The largest absolute Gasteiger partial charge is 0.497 e. The van der Waals surface area contributed by atoms with Crippen LogP contribution in [0.3, 0.4) is 0 Å². The summed E-state index contributed by atoms with van der Waals surface area (Å²) < 4.78 is 47.0. The highest BCUT2D eigenvalue weighted by molar-refractivity contribution is 5.47. The molecule has 0 aliphatic carbocycles. The molecule has 8 heteroatoms. The van der Waals surface area contributed by atoms with Gasteiger partial charge in [0.05, 0.1) is 46.8 Å². The Morgan fingerprint density at radius 1 is 0.469 bits per heavy atom. The van der Waals surface area contributed by atoms with E-state index in [9.17, 15) is 5.11 Å². The van der Waals surface area contributed by atoms with Crippen LogP contribution in [-0.4, -0.2) is 62.1 Å². The summed E-state index contributed by atoms with van der Waals surface area (Å²) in [6, 6.07) is 68.2. The second-order valence-corrected chi connectivity index (χ2v) is 15.9. The van der Waals surface area contributed by atoms with Gasteiger partial charge in [0.15, 0.2) is 0 Å². The molecule has 0 saturated carbocycles. The molecule has 8 nitrogen and oxygen atoms in total. The Bertz CT molecular complexity index is 2270. The van der Waals surface area contributed by atoms with Crippen molar-refractivity contribution in [3.8, 4) is 5.75 Å². The van der Waals surface area contributed by atoms with Gasteiger partial charge in [-0.1, -0.05) is 194 Å². The molecule has 7 aromatic rings. The topological polar surface area (TPSA) is 84.8 Å². The normalized spacial score (nSPS) is 19.2. The van der Waals surface area contributed by atoms with Crippen molar-refractivity contribution in [3.05, 3.63) is 245 Å². The molecule has 0 radical (unpaired) electrons. The molecule has 1 saturated heterocycles. The van der Waals surface area contributed by atoms with Gasteiger partial charge in [-0.2, -0.15) is 0 Å². The van der Waals surface area contributed by atoms with Crippen LogP contribution in [0, 0.1) is 0 Å². The van der Waals surface area contributed by atoms with E-state index in [0.717, 1.165) is 44.7 Å². The predicted octanol–water partition coefficient (Wildman–Crippen LogP) is 10.1. The van der Waals surface area contributed by atoms with Crippen molar-refractivity contribution in [1.82, 2.24) is 0 Å². The number of benzene rings is 7. The van der Waals surface area contributed by atoms with E-state index in [-0.39, 0.29) is 26.4 Å². The second kappa shape index (κ2) is 22.6. The Morgan fingerprint density at radius 2 is 0.859 bits per heavy atom. The third-order valence-electron chi connectivity index (χ3n) is 11.6. The first-order valence-corrected chi connectivity index (χ1v) is 21.9. The Hall–Kier alpha value is -5.94. The van der Waals surface area contributed by atoms with Crippen LogP contribution in [0.25, 0.3) is 0 Å². The molecule has 0 aromatic heterocycles. The minimum atomic E-state index is -1.20. The van der Waals surface area contributed by atoms with Crippen LogP contribution in [0.5, 0.6) is 5.75 Å². The van der Waals surface area contributed by atoms with Crippen molar-refractivity contribution >= 4 is 0 Å². The summed E-state index contributed by atoms with van der Waals surface area (Å²) in [4.78, 5) is 0. The van der Waals surface area contributed by atoms with Crippen molar-refractivity contribution in [2.75, 3.05) is 20.3 Å². The SMILES string of the molecule is COc1ccc(CO[C@@H]2[C@@H](OCc3ccccc3)[C@H](OCc3ccccc3)[C@@H](COCc3ccccc3)O[C@H]2[C@@H](O)COC(c2ccccc2)(c2ccccc2)c2ccccc2)cc1. The molecule has 0 spiro atoms. The smallest absolute Gasteiger partial charge is 0.143 e. The Morgan fingerprint density at radius 3 is 1.31 bits per heavy atom. The number of hydrogen-bond acceptors (Lipinski definition) is 8. The zero-order valence-electron chi connectivity index (χ0n) is 36.1. The third-order valence-corrected chi connectivity index (χ3v) is 11.6. The van der Waals surface area contributed by atoms with Gasteiger partial charge in [-0.15, -0.1) is 0 Å². The van der Waals surface area contributed by atoms with E-state index in [2.05, 4.69) is 36.4 Å². The summed E-state index contributed by atoms with van der Waals surface area (Å²) in [5.74, 6) is 0.741. The monoisotopic (exact) mass is 856 g/mol. The van der Waals surface area contributed by atoms with Crippen molar-refractivity contribution in [3.63, 3.8) is 0 Å². The maximum absolute atomic E-state index is 12.7.